The molecule has 2 N–H and O–H groups in total. The van der Waals surface area contributed by atoms with Crippen LogP contribution in [0.4, 0.5) is 5.69 Å². The highest BCUT2D eigenvalue weighted by atomic mass is 35.5. The Morgan fingerprint density at radius 1 is 0.929 bits per heavy atom. The summed E-state index contributed by atoms with van der Waals surface area (Å²) in [5.74, 6) is -0.233. The Morgan fingerprint density at radius 3 is 2.14 bits per heavy atom. The summed E-state index contributed by atoms with van der Waals surface area (Å²) in [6.45, 7) is 8.76. The van der Waals surface area contributed by atoms with E-state index in [-0.39, 0.29) is 49.7 Å². The van der Waals surface area contributed by atoms with Gasteiger partial charge < -0.3 is 15.5 Å². The predicted octanol–water partition coefficient (Wildman–Crippen LogP) is 4.69. The molecule has 1 heterocycles. The normalized spacial score (nSPS) is 12.0. The van der Waals surface area contributed by atoms with Crippen LogP contribution in [0.1, 0.15) is 36.1 Å². The van der Waals surface area contributed by atoms with E-state index in [1.54, 1.807) is 24.2 Å². The lowest BCUT2D eigenvalue weighted by atomic mass is 10.0. The number of benzene rings is 3. The summed E-state index contributed by atoms with van der Waals surface area (Å²) < 4.78 is 0. The zero-order valence-corrected chi connectivity index (χ0v) is 26.2. The first-order valence-electron chi connectivity index (χ1n) is 13.7. The predicted molar refractivity (Wildman–Crippen MR) is 173 cm³/mol. The average molecular weight is 612 g/mol. The minimum atomic E-state index is -0.141. The maximum absolute atomic E-state index is 13.6. The van der Waals surface area contributed by atoms with Gasteiger partial charge in [0.25, 0.3) is 5.91 Å². The first kappa shape index (κ1) is 34.6. The number of hydrazine groups is 1. The van der Waals surface area contributed by atoms with Crippen molar-refractivity contribution >= 4 is 42.3 Å². The standard InChI is InChI=1S/C32H38N6O2.2ClH/c1-23(2)34-15-16-35-31(39)21-37(22-32(40)36(4)38-19-28-7-5-6-8-29(28)20-38)30-17-27(12-9-24(30)3)26-13-10-25(18-33)11-14-26;;/h5-14,17,23,34H,15-16,19-22H2,1-4H3,(H,35,39);2*1H. The summed E-state index contributed by atoms with van der Waals surface area (Å²) in [6.07, 6.45) is 0. The zero-order valence-electron chi connectivity index (χ0n) is 24.6. The molecule has 224 valence electrons. The molecule has 4 rings (SSSR count). The van der Waals surface area contributed by atoms with Gasteiger partial charge in [-0.05, 0) is 52.9 Å². The van der Waals surface area contributed by atoms with E-state index in [1.165, 1.54) is 11.1 Å². The Bertz CT molecular complexity index is 1370. The van der Waals surface area contributed by atoms with E-state index in [0.29, 0.717) is 37.8 Å². The second-order valence-corrected chi connectivity index (χ2v) is 10.5. The van der Waals surface area contributed by atoms with Gasteiger partial charge in [0, 0.05) is 45.0 Å². The number of hydrogen-bond donors (Lipinski definition) is 2. The van der Waals surface area contributed by atoms with Crippen LogP contribution in [0.5, 0.6) is 0 Å². The molecule has 8 nitrogen and oxygen atoms in total. The number of carbonyl (C=O) groups is 2. The molecule has 2 amide bonds. The molecule has 0 unspecified atom stereocenters. The number of amides is 2. The van der Waals surface area contributed by atoms with Gasteiger partial charge in [0.1, 0.15) is 0 Å². The molecular weight excluding hydrogens is 571 g/mol. The van der Waals surface area contributed by atoms with Crippen LogP contribution in [-0.4, -0.2) is 61.1 Å². The number of likely N-dealkylation sites (N-methyl/N-ethyl adjacent to an activating group) is 1. The summed E-state index contributed by atoms with van der Waals surface area (Å²) in [5, 5.41) is 19.1. The third-order valence-electron chi connectivity index (χ3n) is 7.17. The first-order valence-corrected chi connectivity index (χ1v) is 13.7. The highest BCUT2D eigenvalue weighted by Crippen LogP contribution is 2.29. The van der Waals surface area contributed by atoms with Gasteiger partial charge in [-0.3, -0.25) is 14.6 Å². The Labute approximate surface area is 261 Å². The van der Waals surface area contributed by atoms with Crippen molar-refractivity contribution in [2.75, 3.05) is 38.1 Å². The van der Waals surface area contributed by atoms with Crippen molar-refractivity contribution in [3.63, 3.8) is 0 Å². The monoisotopic (exact) mass is 610 g/mol. The van der Waals surface area contributed by atoms with Crippen LogP contribution in [0, 0.1) is 18.3 Å². The molecule has 1 aliphatic heterocycles. The van der Waals surface area contributed by atoms with Gasteiger partial charge in [-0.1, -0.05) is 62.4 Å². The van der Waals surface area contributed by atoms with Crippen LogP contribution in [-0.2, 0) is 22.7 Å². The van der Waals surface area contributed by atoms with E-state index in [4.69, 9.17) is 5.26 Å². The molecule has 0 spiro atoms. The molecule has 0 saturated heterocycles. The second kappa shape index (κ2) is 16.1. The largest absolute Gasteiger partial charge is 0.353 e. The molecule has 1 aliphatic rings. The van der Waals surface area contributed by atoms with E-state index >= 15 is 0 Å². The van der Waals surface area contributed by atoms with Crippen molar-refractivity contribution in [3.8, 4) is 17.2 Å². The molecular formula is C32H40Cl2N6O2. The SMILES string of the molecule is Cc1ccc(-c2ccc(C#N)cc2)cc1N(CC(=O)NCCNC(C)C)CC(=O)N(C)N1Cc2ccccc2C1.Cl.Cl. The molecule has 0 aromatic heterocycles. The Balaban J connectivity index is 0.00000308. The molecule has 3 aromatic carbocycles. The van der Waals surface area contributed by atoms with Crippen LogP contribution in [0.2, 0.25) is 0 Å². The number of anilines is 1. The molecule has 0 atom stereocenters. The lowest BCUT2D eigenvalue weighted by Crippen LogP contribution is -2.48. The number of fused-ring (bicyclic) bond motifs is 1. The summed E-state index contributed by atoms with van der Waals surface area (Å²) in [7, 11) is 1.80. The molecule has 0 saturated carbocycles. The molecule has 0 bridgehead atoms. The maximum Gasteiger partial charge on any atom is 0.256 e. The van der Waals surface area contributed by atoms with Gasteiger partial charge in [-0.25, -0.2) is 5.01 Å². The van der Waals surface area contributed by atoms with Gasteiger partial charge in [0.05, 0.1) is 24.7 Å². The van der Waals surface area contributed by atoms with Crippen LogP contribution < -0.4 is 15.5 Å². The van der Waals surface area contributed by atoms with Gasteiger partial charge in [-0.15, -0.1) is 24.8 Å². The average Bonchev–Trinajstić information content (AvgIpc) is 3.39. The second-order valence-electron chi connectivity index (χ2n) is 10.5. The molecule has 10 heteroatoms. The fourth-order valence-electron chi connectivity index (χ4n) is 4.84. The smallest absolute Gasteiger partial charge is 0.256 e. The molecule has 3 aromatic rings. The minimum absolute atomic E-state index is 0. The van der Waals surface area contributed by atoms with E-state index in [1.807, 2.05) is 59.3 Å². The number of nitrogens with one attached hydrogen (secondary N) is 2. The van der Waals surface area contributed by atoms with E-state index in [2.05, 4.69) is 42.7 Å². The maximum atomic E-state index is 13.6. The fourth-order valence-corrected chi connectivity index (χ4v) is 4.84. The number of hydrogen-bond acceptors (Lipinski definition) is 6. The Morgan fingerprint density at radius 2 is 1.55 bits per heavy atom. The van der Waals surface area contributed by atoms with Crippen molar-refractivity contribution in [2.45, 2.75) is 39.9 Å². The van der Waals surface area contributed by atoms with Crippen LogP contribution in [0.15, 0.2) is 66.7 Å². The number of rotatable bonds is 11. The molecule has 0 aliphatic carbocycles. The van der Waals surface area contributed by atoms with Gasteiger partial charge in [0.15, 0.2) is 0 Å². The van der Waals surface area contributed by atoms with Crippen molar-refractivity contribution in [2.24, 2.45) is 0 Å². The highest BCUT2D eigenvalue weighted by molar-refractivity contribution is 5.87. The van der Waals surface area contributed by atoms with Gasteiger partial charge in [-0.2, -0.15) is 5.26 Å². The van der Waals surface area contributed by atoms with Crippen LogP contribution in [0.3, 0.4) is 0 Å². The van der Waals surface area contributed by atoms with Crippen molar-refractivity contribution < 1.29 is 9.59 Å². The zero-order chi connectivity index (χ0) is 28.6. The van der Waals surface area contributed by atoms with E-state index < -0.39 is 0 Å². The van der Waals surface area contributed by atoms with Crippen molar-refractivity contribution in [3.05, 3.63) is 89.0 Å². The van der Waals surface area contributed by atoms with E-state index in [0.717, 1.165) is 22.4 Å². The quantitative estimate of drug-likeness (QED) is 0.306. The lowest BCUT2D eigenvalue weighted by molar-refractivity contribution is -0.145. The summed E-state index contributed by atoms with van der Waals surface area (Å²) in [6, 6.07) is 24.2. The molecule has 42 heavy (non-hydrogen) atoms. The fraction of sp³-hybridized carbons (Fsp3) is 0.344. The van der Waals surface area contributed by atoms with E-state index in [9.17, 15) is 9.59 Å². The number of nitrogens with zero attached hydrogens (tertiary/aromatic N) is 4. The Kier molecular flexibility index (Phi) is 13.3. The number of aryl methyl sites for hydroxylation is 1. The van der Waals surface area contributed by atoms with Crippen molar-refractivity contribution in [1.29, 1.82) is 5.26 Å². The summed E-state index contributed by atoms with van der Waals surface area (Å²) in [5.41, 5.74) is 6.74. The minimum Gasteiger partial charge on any atom is -0.353 e. The number of carbonyl (C=O) groups excluding carboxylic acids is 2. The Hall–Kier alpha value is -3.61. The summed E-state index contributed by atoms with van der Waals surface area (Å²) in [4.78, 5) is 28.5. The van der Waals surface area contributed by atoms with Crippen LogP contribution in [0.25, 0.3) is 11.1 Å². The third kappa shape index (κ3) is 8.94. The third-order valence-corrected chi connectivity index (χ3v) is 7.17. The number of nitriles is 1. The molecule has 0 fully saturated rings. The van der Waals surface area contributed by atoms with Crippen LogP contribution >= 0.6 is 24.8 Å². The topological polar surface area (TPSA) is 91.7 Å². The van der Waals surface area contributed by atoms with Gasteiger partial charge in [0.2, 0.25) is 5.91 Å². The summed E-state index contributed by atoms with van der Waals surface area (Å²) >= 11 is 0. The van der Waals surface area contributed by atoms with Gasteiger partial charge >= 0.3 is 0 Å². The first-order chi connectivity index (χ1) is 19.2. The number of halogens is 2. The highest BCUT2D eigenvalue weighted by Gasteiger charge is 2.27. The lowest BCUT2D eigenvalue weighted by Gasteiger charge is -2.32. The van der Waals surface area contributed by atoms with Crippen molar-refractivity contribution in [1.82, 2.24) is 20.7 Å². The molecule has 0 radical (unpaired) electrons.